The number of nitrogens with zero attached hydrogens (tertiary/aromatic N) is 3. The van der Waals surface area contributed by atoms with Crippen LogP contribution in [0, 0.1) is 13.8 Å². The Morgan fingerprint density at radius 1 is 1.17 bits per heavy atom. The Balaban J connectivity index is 1.79. The molecule has 2 rings (SSSR count). The summed E-state index contributed by atoms with van der Waals surface area (Å²) in [6, 6.07) is 6.68. The monoisotopic (exact) mass is 345 g/mol. The minimum atomic E-state index is 0.674. The molecule has 0 fully saturated rings. The number of aromatic nitrogens is 1. The number of aliphatic imine (C=N–C) groups is 1. The van der Waals surface area contributed by atoms with Gasteiger partial charge in [-0.3, -0.25) is 4.99 Å². The lowest BCUT2D eigenvalue weighted by atomic mass is 10.1. The summed E-state index contributed by atoms with van der Waals surface area (Å²) in [6.07, 6.45) is 0.977. The fourth-order valence-corrected chi connectivity index (χ4v) is 3.27. The molecule has 0 atom stereocenters. The van der Waals surface area contributed by atoms with Gasteiger partial charge in [0.15, 0.2) is 11.1 Å². The Hall–Kier alpha value is -2.08. The van der Waals surface area contributed by atoms with Crippen LogP contribution in [0.25, 0.3) is 0 Å². The van der Waals surface area contributed by atoms with Crippen molar-refractivity contribution in [3.63, 3.8) is 0 Å². The third-order valence-corrected chi connectivity index (χ3v) is 4.63. The van der Waals surface area contributed by atoms with Crippen LogP contribution in [-0.2, 0) is 13.0 Å². The van der Waals surface area contributed by atoms with Gasteiger partial charge in [-0.2, -0.15) is 0 Å². The standard InChI is InChI=1S/C18H27N5S/c1-13-8-14(2)10-15(9-13)6-7-20-17(19-3)21-11-16-12-24-18(22-16)23(4)5/h8-10,12H,6-7,11H2,1-5H3,(H2,19,20,21). The molecule has 1 aromatic heterocycles. The largest absolute Gasteiger partial charge is 0.356 e. The molecular formula is C18H27N5S. The average Bonchev–Trinajstić information content (AvgIpc) is 2.99. The van der Waals surface area contributed by atoms with E-state index in [-0.39, 0.29) is 0 Å². The van der Waals surface area contributed by atoms with Gasteiger partial charge in [-0.1, -0.05) is 29.3 Å². The number of thiazole rings is 1. The van der Waals surface area contributed by atoms with Gasteiger partial charge in [0, 0.05) is 33.1 Å². The zero-order valence-corrected chi connectivity index (χ0v) is 16.0. The van der Waals surface area contributed by atoms with Crippen molar-refractivity contribution in [3.8, 4) is 0 Å². The number of hydrogen-bond donors (Lipinski definition) is 2. The minimum Gasteiger partial charge on any atom is -0.356 e. The molecule has 0 aliphatic carbocycles. The lowest BCUT2D eigenvalue weighted by Crippen LogP contribution is -2.37. The van der Waals surface area contributed by atoms with Gasteiger partial charge in [-0.25, -0.2) is 4.98 Å². The van der Waals surface area contributed by atoms with E-state index in [4.69, 9.17) is 0 Å². The summed E-state index contributed by atoms with van der Waals surface area (Å²) in [4.78, 5) is 10.9. The molecule has 0 aliphatic heterocycles. The van der Waals surface area contributed by atoms with Crippen LogP contribution >= 0.6 is 11.3 Å². The SMILES string of the molecule is CN=C(NCCc1cc(C)cc(C)c1)NCc1csc(N(C)C)n1. The van der Waals surface area contributed by atoms with Gasteiger partial charge < -0.3 is 15.5 Å². The molecule has 0 saturated heterocycles. The first kappa shape index (κ1) is 18.3. The van der Waals surface area contributed by atoms with Crippen LogP contribution in [0.3, 0.4) is 0 Å². The summed E-state index contributed by atoms with van der Waals surface area (Å²) >= 11 is 1.65. The highest BCUT2D eigenvalue weighted by Gasteiger charge is 2.05. The van der Waals surface area contributed by atoms with Gasteiger partial charge in [0.25, 0.3) is 0 Å². The number of nitrogens with one attached hydrogen (secondary N) is 2. The third-order valence-electron chi connectivity index (χ3n) is 3.57. The molecule has 0 bridgehead atoms. The quantitative estimate of drug-likeness (QED) is 0.624. The molecule has 6 heteroatoms. The summed E-state index contributed by atoms with van der Waals surface area (Å²) in [5.41, 5.74) is 5.01. The molecule has 5 nitrogen and oxygen atoms in total. The fourth-order valence-electron chi connectivity index (χ4n) is 2.52. The molecule has 24 heavy (non-hydrogen) atoms. The lowest BCUT2D eigenvalue weighted by molar-refractivity contribution is 0.785. The predicted octanol–water partition coefficient (Wildman–Crippen LogP) is 2.73. The number of aryl methyl sites for hydroxylation is 2. The van der Waals surface area contributed by atoms with Crippen LogP contribution in [0.1, 0.15) is 22.4 Å². The predicted molar refractivity (Wildman–Crippen MR) is 104 cm³/mol. The van der Waals surface area contributed by atoms with E-state index in [2.05, 4.69) is 58.0 Å². The van der Waals surface area contributed by atoms with E-state index in [1.807, 2.05) is 19.0 Å². The first-order valence-electron chi connectivity index (χ1n) is 8.11. The fraction of sp³-hybridized carbons (Fsp3) is 0.444. The molecule has 0 spiro atoms. The zero-order chi connectivity index (χ0) is 17.5. The smallest absolute Gasteiger partial charge is 0.191 e. The van der Waals surface area contributed by atoms with Crippen LogP contribution in [0.4, 0.5) is 5.13 Å². The Morgan fingerprint density at radius 2 is 1.88 bits per heavy atom. The molecule has 0 unspecified atom stereocenters. The van der Waals surface area contributed by atoms with E-state index in [0.29, 0.717) is 6.54 Å². The van der Waals surface area contributed by atoms with E-state index >= 15 is 0 Å². The third kappa shape index (κ3) is 5.53. The van der Waals surface area contributed by atoms with Crippen LogP contribution in [0.2, 0.25) is 0 Å². The molecule has 130 valence electrons. The number of anilines is 1. The van der Waals surface area contributed by atoms with Crippen molar-refractivity contribution >= 4 is 22.4 Å². The highest BCUT2D eigenvalue weighted by molar-refractivity contribution is 7.13. The number of rotatable bonds is 6. The molecular weight excluding hydrogens is 318 g/mol. The van der Waals surface area contributed by atoms with E-state index < -0.39 is 0 Å². The second-order valence-corrected chi connectivity index (χ2v) is 6.95. The van der Waals surface area contributed by atoms with Gasteiger partial charge in [0.05, 0.1) is 12.2 Å². The summed E-state index contributed by atoms with van der Waals surface area (Å²) in [7, 11) is 5.80. The van der Waals surface area contributed by atoms with Gasteiger partial charge >= 0.3 is 0 Å². The minimum absolute atomic E-state index is 0.674. The molecule has 1 aromatic carbocycles. The van der Waals surface area contributed by atoms with Crippen LogP contribution in [-0.4, -0.2) is 38.6 Å². The molecule has 2 N–H and O–H groups in total. The summed E-state index contributed by atoms with van der Waals surface area (Å²) in [5.74, 6) is 0.804. The van der Waals surface area contributed by atoms with E-state index in [0.717, 1.165) is 29.8 Å². The van der Waals surface area contributed by atoms with Crippen molar-refractivity contribution in [2.45, 2.75) is 26.8 Å². The molecule has 2 aromatic rings. The Kier molecular flexibility index (Phi) is 6.61. The second-order valence-electron chi connectivity index (χ2n) is 6.11. The summed E-state index contributed by atoms with van der Waals surface area (Å²) in [6.45, 7) is 5.80. The Morgan fingerprint density at radius 3 is 2.46 bits per heavy atom. The van der Waals surface area contributed by atoms with E-state index in [1.54, 1.807) is 18.4 Å². The topological polar surface area (TPSA) is 52.6 Å². The second kappa shape index (κ2) is 8.68. The summed E-state index contributed by atoms with van der Waals surface area (Å²) in [5, 5.41) is 9.76. The van der Waals surface area contributed by atoms with Crippen molar-refractivity contribution in [1.29, 1.82) is 0 Å². The van der Waals surface area contributed by atoms with Crippen LogP contribution in [0.5, 0.6) is 0 Å². The molecule has 1 heterocycles. The van der Waals surface area contributed by atoms with Crippen molar-refractivity contribution in [2.24, 2.45) is 4.99 Å². The van der Waals surface area contributed by atoms with Crippen LogP contribution < -0.4 is 15.5 Å². The Bertz CT molecular complexity index is 670. The Labute approximate surface area is 148 Å². The molecule has 0 amide bonds. The molecule has 0 saturated carbocycles. The van der Waals surface area contributed by atoms with Crippen LogP contribution in [0.15, 0.2) is 28.6 Å². The first-order valence-corrected chi connectivity index (χ1v) is 8.99. The van der Waals surface area contributed by atoms with E-state index in [1.165, 1.54) is 16.7 Å². The van der Waals surface area contributed by atoms with Crippen molar-refractivity contribution < 1.29 is 0 Å². The number of guanidine groups is 1. The average molecular weight is 346 g/mol. The highest BCUT2D eigenvalue weighted by Crippen LogP contribution is 2.17. The van der Waals surface area contributed by atoms with Gasteiger partial charge in [0.1, 0.15) is 0 Å². The van der Waals surface area contributed by atoms with E-state index in [9.17, 15) is 0 Å². The van der Waals surface area contributed by atoms with Crippen molar-refractivity contribution in [1.82, 2.24) is 15.6 Å². The zero-order valence-electron chi connectivity index (χ0n) is 15.2. The van der Waals surface area contributed by atoms with Crippen molar-refractivity contribution in [2.75, 3.05) is 32.6 Å². The summed E-state index contributed by atoms with van der Waals surface area (Å²) < 4.78 is 0. The molecule has 0 aliphatic rings. The van der Waals surface area contributed by atoms with Gasteiger partial charge in [0.2, 0.25) is 0 Å². The maximum absolute atomic E-state index is 4.56. The van der Waals surface area contributed by atoms with Gasteiger partial charge in [-0.05, 0) is 25.8 Å². The first-order chi connectivity index (χ1) is 11.5. The number of benzene rings is 1. The maximum atomic E-state index is 4.56. The van der Waals surface area contributed by atoms with Crippen molar-refractivity contribution in [3.05, 3.63) is 46.0 Å². The lowest BCUT2D eigenvalue weighted by Gasteiger charge is -2.12. The number of hydrogen-bond acceptors (Lipinski definition) is 4. The maximum Gasteiger partial charge on any atom is 0.191 e. The molecule has 0 radical (unpaired) electrons. The highest BCUT2D eigenvalue weighted by atomic mass is 32.1. The normalized spacial score (nSPS) is 11.5. The van der Waals surface area contributed by atoms with Gasteiger partial charge in [-0.15, -0.1) is 11.3 Å².